The average Bonchev–Trinajstić information content (AvgIpc) is 2.32. The van der Waals surface area contributed by atoms with Gasteiger partial charge in [0.1, 0.15) is 0 Å². The molecule has 1 amide bonds. The van der Waals surface area contributed by atoms with E-state index in [-0.39, 0.29) is 17.2 Å². The van der Waals surface area contributed by atoms with Gasteiger partial charge in [0.2, 0.25) is 5.91 Å². The van der Waals surface area contributed by atoms with E-state index >= 15 is 0 Å². The van der Waals surface area contributed by atoms with E-state index in [9.17, 15) is 14.7 Å². The Bertz CT molecular complexity index is 394. The number of aliphatic carboxylic acids is 1. The van der Waals surface area contributed by atoms with Crippen molar-refractivity contribution in [2.75, 3.05) is 0 Å². The third-order valence-corrected chi connectivity index (χ3v) is 5.73. The Balaban J connectivity index is 1.75. The Kier molecular flexibility index (Phi) is 3.30. The molecule has 1 N–H and O–H groups in total. The molecule has 4 heteroatoms. The summed E-state index contributed by atoms with van der Waals surface area (Å²) >= 11 is 0. The molecule has 4 aliphatic carbocycles. The molecular formula is C16H24NO3-. The molecule has 0 aromatic heterocycles. The molecule has 4 saturated carbocycles. The van der Waals surface area contributed by atoms with Crippen molar-refractivity contribution < 1.29 is 14.7 Å². The fourth-order valence-corrected chi connectivity index (χ4v) is 5.18. The van der Waals surface area contributed by atoms with E-state index in [0.717, 1.165) is 19.3 Å². The summed E-state index contributed by atoms with van der Waals surface area (Å²) in [5, 5.41) is 13.9. The summed E-state index contributed by atoms with van der Waals surface area (Å²) in [6.45, 7) is 3.61. The van der Waals surface area contributed by atoms with Crippen LogP contribution >= 0.6 is 0 Å². The minimum atomic E-state index is -1.17. The summed E-state index contributed by atoms with van der Waals surface area (Å²) in [6.07, 6.45) is 6.72. The zero-order chi connectivity index (χ0) is 14.5. The van der Waals surface area contributed by atoms with Crippen LogP contribution in [0.15, 0.2) is 0 Å². The summed E-state index contributed by atoms with van der Waals surface area (Å²) in [5.74, 6) is 0.725. The van der Waals surface area contributed by atoms with Gasteiger partial charge in [-0.2, -0.15) is 0 Å². The van der Waals surface area contributed by atoms with Crippen molar-refractivity contribution in [3.63, 3.8) is 0 Å². The molecular weight excluding hydrogens is 254 g/mol. The molecule has 0 spiro atoms. The van der Waals surface area contributed by atoms with Crippen LogP contribution in [0.4, 0.5) is 0 Å². The van der Waals surface area contributed by atoms with E-state index in [0.29, 0.717) is 17.8 Å². The molecule has 0 aromatic carbocycles. The van der Waals surface area contributed by atoms with Crippen LogP contribution in [0.5, 0.6) is 0 Å². The predicted octanol–water partition coefficient (Wildman–Crippen LogP) is 1.09. The molecule has 1 atom stereocenters. The highest BCUT2D eigenvalue weighted by Gasteiger charge is 2.54. The lowest BCUT2D eigenvalue weighted by molar-refractivity contribution is -0.309. The van der Waals surface area contributed by atoms with Gasteiger partial charge in [0.15, 0.2) is 0 Å². The van der Waals surface area contributed by atoms with Crippen molar-refractivity contribution in [2.45, 2.75) is 58.4 Å². The first-order valence-corrected chi connectivity index (χ1v) is 7.91. The van der Waals surface area contributed by atoms with Gasteiger partial charge in [-0.05, 0) is 62.2 Å². The molecule has 0 unspecified atom stereocenters. The highest BCUT2D eigenvalue weighted by Crippen LogP contribution is 2.60. The lowest BCUT2D eigenvalue weighted by Crippen LogP contribution is -2.58. The fourth-order valence-electron chi connectivity index (χ4n) is 5.18. The minimum Gasteiger partial charge on any atom is -0.548 e. The maximum absolute atomic E-state index is 12.7. The molecule has 4 bridgehead atoms. The second-order valence-electron chi connectivity index (χ2n) is 7.71. The predicted molar refractivity (Wildman–Crippen MR) is 72.4 cm³/mol. The first-order chi connectivity index (χ1) is 9.39. The first kappa shape index (κ1) is 13.9. The Labute approximate surface area is 120 Å². The highest BCUT2D eigenvalue weighted by atomic mass is 16.4. The van der Waals surface area contributed by atoms with Gasteiger partial charge >= 0.3 is 0 Å². The molecule has 4 nitrogen and oxygen atoms in total. The maximum atomic E-state index is 12.7. The van der Waals surface area contributed by atoms with E-state index < -0.39 is 12.0 Å². The summed E-state index contributed by atoms with van der Waals surface area (Å²) in [6, 6.07) is -0.865. The highest BCUT2D eigenvalue weighted by molar-refractivity contribution is 5.87. The van der Waals surface area contributed by atoms with E-state index in [4.69, 9.17) is 0 Å². The van der Waals surface area contributed by atoms with Crippen LogP contribution in [0.1, 0.15) is 52.4 Å². The van der Waals surface area contributed by atoms with Gasteiger partial charge in [-0.1, -0.05) is 13.8 Å². The minimum absolute atomic E-state index is 0.0282. The van der Waals surface area contributed by atoms with Crippen LogP contribution in [0, 0.1) is 29.1 Å². The molecule has 0 heterocycles. The van der Waals surface area contributed by atoms with Crippen molar-refractivity contribution in [2.24, 2.45) is 29.1 Å². The van der Waals surface area contributed by atoms with E-state index in [1.54, 1.807) is 13.8 Å². The zero-order valence-corrected chi connectivity index (χ0v) is 12.4. The molecule has 0 radical (unpaired) electrons. The third kappa shape index (κ3) is 2.23. The van der Waals surface area contributed by atoms with E-state index in [1.807, 2.05) is 0 Å². The van der Waals surface area contributed by atoms with Crippen molar-refractivity contribution in [1.82, 2.24) is 5.32 Å². The number of hydrogen-bond donors (Lipinski definition) is 1. The number of carboxylic acid groups (broad SMARTS) is 1. The molecule has 0 aliphatic heterocycles. The molecule has 4 rings (SSSR count). The van der Waals surface area contributed by atoms with Crippen LogP contribution < -0.4 is 10.4 Å². The quantitative estimate of drug-likeness (QED) is 0.837. The monoisotopic (exact) mass is 278 g/mol. The standard InChI is InChI=1S/C16H25NO3/c1-9(2)13(14(18)19)17-15(20)16-6-10-3-11(7-16)5-12(4-10)8-16/h9-13H,3-8H2,1-2H3,(H,17,20)(H,18,19)/p-1/t10?,11?,12?,13-,16?/m1/s1. The number of carboxylic acids is 1. The van der Waals surface area contributed by atoms with Crippen molar-refractivity contribution >= 4 is 11.9 Å². The first-order valence-electron chi connectivity index (χ1n) is 7.91. The molecule has 4 aliphatic rings. The lowest BCUT2D eigenvalue weighted by Gasteiger charge is -2.56. The molecule has 0 aromatic rings. The fraction of sp³-hybridized carbons (Fsp3) is 0.875. The Morgan fingerprint density at radius 3 is 1.85 bits per heavy atom. The Morgan fingerprint density at radius 2 is 1.50 bits per heavy atom. The number of rotatable bonds is 4. The molecule has 20 heavy (non-hydrogen) atoms. The second-order valence-corrected chi connectivity index (χ2v) is 7.71. The zero-order valence-electron chi connectivity index (χ0n) is 12.4. The second kappa shape index (κ2) is 4.74. The van der Waals surface area contributed by atoms with Crippen LogP contribution in [0.2, 0.25) is 0 Å². The van der Waals surface area contributed by atoms with E-state index in [2.05, 4.69) is 5.32 Å². The molecule has 0 saturated heterocycles. The topological polar surface area (TPSA) is 69.2 Å². The van der Waals surface area contributed by atoms with Gasteiger partial charge in [-0.15, -0.1) is 0 Å². The van der Waals surface area contributed by atoms with Crippen molar-refractivity contribution in [3.05, 3.63) is 0 Å². The number of hydrogen-bond acceptors (Lipinski definition) is 3. The van der Waals surface area contributed by atoms with Gasteiger partial charge in [0.05, 0.1) is 12.0 Å². The van der Waals surface area contributed by atoms with Crippen LogP contribution in [0.25, 0.3) is 0 Å². The summed E-state index contributed by atoms with van der Waals surface area (Å²) in [5.41, 5.74) is -0.280. The Morgan fingerprint density at radius 1 is 1.05 bits per heavy atom. The number of carbonyl (C=O) groups is 2. The van der Waals surface area contributed by atoms with Crippen LogP contribution in [-0.2, 0) is 9.59 Å². The van der Waals surface area contributed by atoms with Crippen LogP contribution in [0.3, 0.4) is 0 Å². The summed E-state index contributed by atoms with van der Waals surface area (Å²) < 4.78 is 0. The van der Waals surface area contributed by atoms with Gasteiger partial charge in [-0.3, -0.25) is 4.79 Å². The SMILES string of the molecule is CC(C)[C@@H](NC(=O)C12CC3CC(CC(C3)C1)C2)C(=O)[O-]. The normalized spacial score (nSPS) is 39.9. The van der Waals surface area contributed by atoms with Crippen molar-refractivity contribution in [1.29, 1.82) is 0 Å². The number of amides is 1. The van der Waals surface area contributed by atoms with Crippen LogP contribution in [-0.4, -0.2) is 17.9 Å². The molecule has 112 valence electrons. The maximum Gasteiger partial charge on any atom is 0.226 e. The number of nitrogens with one attached hydrogen (secondary N) is 1. The van der Waals surface area contributed by atoms with Gasteiger partial charge in [0, 0.05) is 5.41 Å². The summed E-state index contributed by atoms with van der Waals surface area (Å²) in [4.78, 5) is 23.9. The average molecular weight is 278 g/mol. The van der Waals surface area contributed by atoms with E-state index in [1.165, 1.54) is 19.3 Å². The largest absolute Gasteiger partial charge is 0.548 e. The lowest BCUT2D eigenvalue weighted by atomic mass is 9.49. The smallest absolute Gasteiger partial charge is 0.226 e. The third-order valence-electron chi connectivity index (χ3n) is 5.73. The Hall–Kier alpha value is -1.06. The molecule has 4 fully saturated rings. The van der Waals surface area contributed by atoms with Gasteiger partial charge < -0.3 is 15.2 Å². The van der Waals surface area contributed by atoms with Gasteiger partial charge in [-0.25, -0.2) is 0 Å². The van der Waals surface area contributed by atoms with Gasteiger partial charge in [0.25, 0.3) is 0 Å². The summed E-state index contributed by atoms with van der Waals surface area (Å²) in [7, 11) is 0. The number of carbonyl (C=O) groups excluding carboxylic acids is 2. The van der Waals surface area contributed by atoms with Crippen molar-refractivity contribution in [3.8, 4) is 0 Å².